The second kappa shape index (κ2) is 5.61. The molecular formula is C6H14N3NaO2. The summed E-state index contributed by atoms with van der Waals surface area (Å²) in [6, 6.07) is 0. The predicted octanol–water partition coefficient (Wildman–Crippen LogP) is -1.51. The maximum absolute atomic E-state index is 10.8. The zero-order valence-corrected chi connectivity index (χ0v) is 10.4. The molecule has 0 unspecified atom stereocenters. The summed E-state index contributed by atoms with van der Waals surface area (Å²) in [5, 5.41) is 24.2. The molecule has 0 saturated carbocycles. The van der Waals surface area contributed by atoms with Gasteiger partial charge in [-0.25, -0.2) is 0 Å². The van der Waals surface area contributed by atoms with E-state index in [2.05, 4.69) is 5.28 Å². The van der Waals surface area contributed by atoms with E-state index in [0.717, 1.165) is 0 Å². The van der Waals surface area contributed by atoms with Crippen LogP contribution in [0.3, 0.4) is 0 Å². The van der Waals surface area contributed by atoms with Gasteiger partial charge in [0.2, 0.25) is 0 Å². The zero-order chi connectivity index (χ0) is 9.07. The first-order chi connectivity index (χ1) is 4.93. The summed E-state index contributed by atoms with van der Waals surface area (Å²) in [4.78, 5) is 0.0833. The van der Waals surface area contributed by atoms with Crippen LogP contribution < -0.4 is 29.6 Å². The van der Waals surface area contributed by atoms with Crippen LogP contribution in [0.4, 0.5) is 0 Å². The Bertz CT molecular complexity index is 155. The second-order valence-electron chi connectivity index (χ2n) is 3.22. The molecule has 0 rings (SSSR count). The van der Waals surface area contributed by atoms with E-state index in [-0.39, 0.29) is 40.1 Å². The van der Waals surface area contributed by atoms with Crippen LogP contribution in [0.2, 0.25) is 0 Å². The Balaban J connectivity index is 0. The summed E-state index contributed by atoms with van der Waals surface area (Å²) < 4.78 is 0. The van der Waals surface area contributed by atoms with Gasteiger partial charge in [0.25, 0.3) is 0 Å². The Hall–Kier alpha value is 0. The molecule has 0 saturated heterocycles. The monoisotopic (exact) mass is 183 g/mol. The van der Waals surface area contributed by atoms with Gasteiger partial charge in [-0.2, -0.15) is 0 Å². The fourth-order valence-corrected chi connectivity index (χ4v) is 0.896. The fraction of sp³-hybridized carbons (Fsp3) is 1.00. The summed E-state index contributed by atoms with van der Waals surface area (Å²) in [6.07, 6.45) is 0. The van der Waals surface area contributed by atoms with Crippen molar-refractivity contribution in [3.05, 3.63) is 10.4 Å². The minimum atomic E-state index is -0.357. The molecule has 6 heteroatoms. The van der Waals surface area contributed by atoms with E-state index in [4.69, 9.17) is 0 Å². The molecule has 0 bridgehead atoms. The second-order valence-corrected chi connectivity index (χ2v) is 3.22. The van der Waals surface area contributed by atoms with Crippen LogP contribution in [-0.4, -0.2) is 22.1 Å². The van der Waals surface area contributed by atoms with Crippen molar-refractivity contribution in [3.8, 4) is 0 Å². The van der Waals surface area contributed by atoms with E-state index < -0.39 is 0 Å². The first-order valence-corrected chi connectivity index (χ1v) is 3.51. The Morgan fingerprint density at radius 2 is 1.83 bits per heavy atom. The van der Waals surface area contributed by atoms with E-state index >= 15 is 0 Å². The SMILES string of the molecule is CCN(/[N+]([O-])=N\[O-])C(C)(C)C.[Na+]. The summed E-state index contributed by atoms with van der Waals surface area (Å²) in [5.41, 5.74) is -0.357. The largest absolute Gasteiger partial charge is 1.00 e. The number of nitrogens with zero attached hydrogens (tertiary/aromatic N) is 3. The third-order valence-electron chi connectivity index (χ3n) is 1.35. The van der Waals surface area contributed by atoms with Crippen LogP contribution in [0.25, 0.3) is 0 Å². The molecule has 0 radical (unpaired) electrons. The molecule has 0 atom stereocenters. The average molecular weight is 183 g/mol. The first-order valence-electron chi connectivity index (χ1n) is 3.51. The molecule has 0 aliphatic heterocycles. The fourth-order valence-electron chi connectivity index (χ4n) is 0.896. The quantitative estimate of drug-likeness (QED) is 0.226. The molecular weight excluding hydrogens is 169 g/mol. The normalized spacial score (nSPS) is 12.2. The van der Waals surface area contributed by atoms with E-state index in [1.807, 2.05) is 20.8 Å². The van der Waals surface area contributed by atoms with Crippen LogP contribution in [0.5, 0.6) is 0 Å². The summed E-state index contributed by atoms with van der Waals surface area (Å²) in [6.45, 7) is 7.78. The average Bonchev–Trinajstić information content (AvgIpc) is 1.86. The van der Waals surface area contributed by atoms with Gasteiger partial charge in [0.05, 0.1) is 12.1 Å². The van der Waals surface area contributed by atoms with E-state index in [0.29, 0.717) is 6.54 Å². The standard InChI is InChI=1S/C6H15N3O2.Na/c1-5-8(6(2,3)4)9(11)7-10;/h10H,5H2,1-4H3;/q;+1/p-1/b9-7+;. The van der Waals surface area contributed by atoms with Crippen molar-refractivity contribution in [3.63, 3.8) is 0 Å². The number of rotatable bonds is 2. The molecule has 0 aromatic carbocycles. The minimum Gasteiger partial charge on any atom is -0.737 e. The number of hydrogen-bond acceptors (Lipinski definition) is 3. The van der Waals surface area contributed by atoms with Crippen molar-refractivity contribution in [1.29, 1.82) is 0 Å². The van der Waals surface area contributed by atoms with E-state index in [9.17, 15) is 10.4 Å². The first kappa shape index (κ1) is 14.5. The van der Waals surface area contributed by atoms with Crippen molar-refractivity contribution < 1.29 is 34.5 Å². The van der Waals surface area contributed by atoms with Crippen molar-refractivity contribution in [2.75, 3.05) is 6.54 Å². The molecule has 0 aliphatic carbocycles. The van der Waals surface area contributed by atoms with Crippen LogP contribution >= 0.6 is 0 Å². The molecule has 5 nitrogen and oxygen atoms in total. The molecule has 0 heterocycles. The van der Waals surface area contributed by atoms with Crippen molar-refractivity contribution in [1.82, 2.24) is 5.01 Å². The van der Waals surface area contributed by atoms with Gasteiger partial charge in [-0.1, -0.05) is 0 Å². The van der Waals surface area contributed by atoms with E-state index in [1.165, 1.54) is 5.01 Å². The van der Waals surface area contributed by atoms with Crippen molar-refractivity contribution in [2.24, 2.45) is 5.28 Å². The van der Waals surface area contributed by atoms with Crippen LogP contribution in [0.15, 0.2) is 5.28 Å². The van der Waals surface area contributed by atoms with Crippen LogP contribution in [0.1, 0.15) is 27.7 Å². The third-order valence-corrected chi connectivity index (χ3v) is 1.35. The molecule has 66 valence electrons. The molecule has 0 aliphatic rings. The topological polar surface area (TPSA) is 64.7 Å². The molecule has 0 amide bonds. The minimum absolute atomic E-state index is 0. The van der Waals surface area contributed by atoms with Gasteiger partial charge < -0.3 is 10.4 Å². The molecule has 0 N–H and O–H groups in total. The molecule has 0 spiro atoms. The van der Waals surface area contributed by atoms with Gasteiger partial charge in [-0.3, -0.25) is 0 Å². The van der Waals surface area contributed by atoms with Gasteiger partial charge in [0, 0.05) is 4.97 Å². The van der Waals surface area contributed by atoms with Crippen molar-refractivity contribution >= 4 is 0 Å². The Labute approximate surface area is 94.9 Å². The zero-order valence-electron chi connectivity index (χ0n) is 8.37. The van der Waals surface area contributed by atoms with Crippen molar-refractivity contribution in [2.45, 2.75) is 33.2 Å². The third kappa shape index (κ3) is 4.13. The van der Waals surface area contributed by atoms with E-state index in [1.54, 1.807) is 6.92 Å². The summed E-state index contributed by atoms with van der Waals surface area (Å²) in [7, 11) is 0. The van der Waals surface area contributed by atoms with Crippen LogP contribution in [0, 0.1) is 10.4 Å². The number of hydrazine groups is 1. The number of hydrogen-bond donors (Lipinski definition) is 0. The molecule has 0 aromatic heterocycles. The maximum atomic E-state index is 10.8. The van der Waals surface area contributed by atoms with Gasteiger partial charge >= 0.3 is 29.6 Å². The summed E-state index contributed by atoms with van der Waals surface area (Å²) >= 11 is 0. The molecule has 0 aromatic rings. The van der Waals surface area contributed by atoms with Gasteiger partial charge in [0.15, 0.2) is 0 Å². The predicted molar refractivity (Wildman–Crippen MR) is 41.6 cm³/mol. The molecule has 0 fully saturated rings. The Morgan fingerprint density at radius 3 is 1.92 bits per heavy atom. The Morgan fingerprint density at radius 1 is 1.42 bits per heavy atom. The molecule has 12 heavy (non-hydrogen) atoms. The van der Waals surface area contributed by atoms with Gasteiger partial charge in [-0.05, 0) is 33.0 Å². The van der Waals surface area contributed by atoms with Crippen LogP contribution in [-0.2, 0) is 0 Å². The van der Waals surface area contributed by atoms with Gasteiger partial charge in [-0.15, -0.1) is 5.01 Å². The Kier molecular flexibility index (Phi) is 6.79. The maximum Gasteiger partial charge on any atom is 1.00 e. The van der Waals surface area contributed by atoms with Gasteiger partial charge in [0.1, 0.15) is 0 Å². The smallest absolute Gasteiger partial charge is 0.737 e. The summed E-state index contributed by atoms with van der Waals surface area (Å²) in [5.74, 6) is 0.